The third-order valence-electron chi connectivity index (χ3n) is 4.88. The van der Waals surface area contributed by atoms with Crippen LogP contribution in [0.1, 0.15) is 10.4 Å². The summed E-state index contributed by atoms with van der Waals surface area (Å²) >= 11 is 0. The van der Waals surface area contributed by atoms with Crippen LogP contribution in [0.5, 0.6) is 5.75 Å². The number of hydrogen-bond donors (Lipinski definition) is 1. The van der Waals surface area contributed by atoms with Crippen molar-refractivity contribution in [3.8, 4) is 5.75 Å². The van der Waals surface area contributed by atoms with E-state index in [-0.39, 0.29) is 5.91 Å². The molecule has 29 heavy (non-hydrogen) atoms. The maximum atomic E-state index is 12.6. The molecule has 2 heterocycles. The molecule has 1 amide bonds. The smallest absolute Gasteiger partial charge is 0.253 e. The van der Waals surface area contributed by atoms with Crippen molar-refractivity contribution < 1.29 is 9.53 Å². The number of nitrogens with zero attached hydrogens (tertiary/aromatic N) is 4. The fraction of sp³-hybridized carbons (Fsp3) is 0.227. The van der Waals surface area contributed by atoms with Crippen molar-refractivity contribution in [2.45, 2.75) is 0 Å². The van der Waals surface area contributed by atoms with Crippen LogP contribution in [0.3, 0.4) is 0 Å². The molecule has 2 aromatic carbocycles. The Bertz CT molecular complexity index is 972. The number of carbonyl (C=O) groups excluding carboxylic acids is 1. The molecule has 1 fully saturated rings. The molecule has 0 spiro atoms. The topological polar surface area (TPSA) is 70.6 Å². The van der Waals surface area contributed by atoms with Gasteiger partial charge < -0.3 is 19.9 Å². The van der Waals surface area contributed by atoms with Crippen molar-refractivity contribution in [3.63, 3.8) is 0 Å². The number of para-hydroxylation sites is 2. The molecule has 1 aliphatic rings. The van der Waals surface area contributed by atoms with E-state index in [0.29, 0.717) is 37.9 Å². The van der Waals surface area contributed by atoms with Gasteiger partial charge in [0.1, 0.15) is 11.6 Å². The zero-order chi connectivity index (χ0) is 20.1. The summed E-state index contributed by atoms with van der Waals surface area (Å²) in [6.07, 6.45) is 1.74. The van der Waals surface area contributed by atoms with Gasteiger partial charge in [-0.1, -0.05) is 30.3 Å². The number of carbonyl (C=O) groups is 1. The lowest BCUT2D eigenvalue weighted by molar-refractivity contribution is 0.0746. The summed E-state index contributed by atoms with van der Waals surface area (Å²) in [5.74, 6) is 2.16. The minimum Gasteiger partial charge on any atom is -0.495 e. The summed E-state index contributed by atoms with van der Waals surface area (Å²) in [4.78, 5) is 25.6. The third-order valence-corrected chi connectivity index (χ3v) is 4.88. The van der Waals surface area contributed by atoms with Crippen LogP contribution >= 0.6 is 0 Å². The van der Waals surface area contributed by atoms with Gasteiger partial charge in [-0.3, -0.25) is 4.79 Å². The SMILES string of the molecule is COc1ccccc1Nc1ccnc(N2CCN(C(=O)c3ccccc3)CC2)n1. The minimum atomic E-state index is 0.0674. The van der Waals surface area contributed by atoms with Gasteiger partial charge >= 0.3 is 0 Å². The molecule has 1 N–H and O–H groups in total. The van der Waals surface area contributed by atoms with Crippen LogP contribution in [-0.2, 0) is 0 Å². The standard InChI is InChI=1S/C22H23N5O2/c1-29-19-10-6-5-9-18(19)24-20-11-12-23-22(25-20)27-15-13-26(14-16-27)21(28)17-7-3-2-4-8-17/h2-12H,13-16H2,1H3,(H,23,24,25). The molecule has 0 unspecified atom stereocenters. The normalized spacial score (nSPS) is 13.8. The van der Waals surface area contributed by atoms with Crippen molar-refractivity contribution in [1.82, 2.24) is 14.9 Å². The van der Waals surface area contributed by atoms with Crippen LogP contribution in [0.4, 0.5) is 17.5 Å². The molecule has 1 aromatic heterocycles. The van der Waals surface area contributed by atoms with Gasteiger partial charge in [-0.2, -0.15) is 4.98 Å². The van der Waals surface area contributed by atoms with Crippen molar-refractivity contribution in [2.75, 3.05) is 43.5 Å². The second-order valence-corrected chi connectivity index (χ2v) is 6.71. The molecular weight excluding hydrogens is 366 g/mol. The minimum absolute atomic E-state index is 0.0674. The summed E-state index contributed by atoms with van der Waals surface area (Å²) in [6.45, 7) is 2.66. The number of rotatable bonds is 5. The Morgan fingerprint density at radius 1 is 0.966 bits per heavy atom. The summed E-state index contributed by atoms with van der Waals surface area (Å²) in [6, 6.07) is 18.9. The van der Waals surface area contributed by atoms with Gasteiger partial charge in [-0.25, -0.2) is 4.98 Å². The first-order valence-electron chi connectivity index (χ1n) is 9.57. The molecule has 148 valence electrons. The molecule has 0 saturated carbocycles. The maximum absolute atomic E-state index is 12.6. The molecule has 0 bridgehead atoms. The monoisotopic (exact) mass is 389 g/mol. The number of amides is 1. The molecule has 3 aromatic rings. The lowest BCUT2D eigenvalue weighted by Gasteiger charge is -2.34. The Hall–Kier alpha value is -3.61. The lowest BCUT2D eigenvalue weighted by atomic mass is 10.2. The van der Waals surface area contributed by atoms with Crippen LogP contribution in [0, 0.1) is 0 Å². The Morgan fingerprint density at radius 3 is 2.45 bits per heavy atom. The van der Waals surface area contributed by atoms with E-state index in [2.05, 4.69) is 20.2 Å². The molecule has 7 nitrogen and oxygen atoms in total. The Kier molecular flexibility index (Phi) is 5.56. The van der Waals surface area contributed by atoms with Crippen molar-refractivity contribution >= 4 is 23.4 Å². The highest BCUT2D eigenvalue weighted by atomic mass is 16.5. The van der Waals surface area contributed by atoms with Crippen LogP contribution < -0.4 is 15.0 Å². The summed E-state index contributed by atoms with van der Waals surface area (Å²) in [5.41, 5.74) is 1.57. The van der Waals surface area contributed by atoms with Gasteiger partial charge in [0.2, 0.25) is 5.95 Å². The Labute approximate surface area is 170 Å². The molecule has 1 aliphatic heterocycles. The summed E-state index contributed by atoms with van der Waals surface area (Å²) in [5, 5.41) is 3.28. The Morgan fingerprint density at radius 2 is 1.69 bits per heavy atom. The molecule has 0 aliphatic carbocycles. The summed E-state index contributed by atoms with van der Waals surface area (Å²) in [7, 11) is 1.64. The first-order chi connectivity index (χ1) is 14.2. The first-order valence-corrected chi connectivity index (χ1v) is 9.57. The molecule has 0 radical (unpaired) electrons. The highest BCUT2D eigenvalue weighted by Gasteiger charge is 2.23. The largest absolute Gasteiger partial charge is 0.495 e. The van der Waals surface area contributed by atoms with Gasteiger partial charge in [-0.05, 0) is 30.3 Å². The molecule has 1 saturated heterocycles. The Balaban J connectivity index is 1.41. The first kappa shape index (κ1) is 18.7. The number of benzene rings is 2. The molecule has 0 atom stereocenters. The van der Waals surface area contributed by atoms with E-state index in [1.807, 2.05) is 65.6 Å². The number of ether oxygens (including phenoxy) is 1. The van der Waals surface area contributed by atoms with Crippen LogP contribution in [0.25, 0.3) is 0 Å². The van der Waals surface area contributed by atoms with Gasteiger partial charge in [0, 0.05) is 37.9 Å². The van der Waals surface area contributed by atoms with E-state index in [4.69, 9.17) is 4.74 Å². The van der Waals surface area contributed by atoms with Gasteiger partial charge in [0.15, 0.2) is 0 Å². The fourth-order valence-corrected chi connectivity index (χ4v) is 3.33. The second-order valence-electron chi connectivity index (χ2n) is 6.71. The van der Waals surface area contributed by atoms with Crippen LogP contribution in [-0.4, -0.2) is 54.1 Å². The predicted octanol–water partition coefficient (Wildman–Crippen LogP) is 3.19. The highest BCUT2D eigenvalue weighted by Crippen LogP contribution is 2.26. The molecule has 4 rings (SSSR count). The van der Waals surface area contributed by atoms with Gasteiger partial charge in [0.25, 0.3) is 5.91 Å². The van der Waals surface area contributed by atoms with Crippen molar-refractivity contribution in [2.24, 2.45) is 0 Å². The van der Waals surface area contributed by atoms with Crippen molar-refractivity contribution in [3.05, 3.63) is 72.4 Å². The number of aromatic nitrogens is 2. The average molecular weight is 389 g/mol. The summed E-state index contributed by atoms with van der Waals surface area (Å²) < 4.78 is 5.38. The highest BCUT2D eigenvalue weighted by molar-refractivity contribution is 5.94. The van der Waals surface area contributed by atoms with E-state index >= 15 is 0 Å². The number of hydrogen-bond acceptors (Lipinski definition) is 6. The van der Waals surface area contributed by atoms with Crippen molar-refractivity contribution in [1.29, 1.82) is 0 Å². The fourth-order valence-electron chi connectivity index (χ4n) is 3.33. The number of piperazine rings is 1. The zero-order valence-electron chi connectivity index (χ0n) is 16.3. The zero-order valence-corrected chi connectivity index (χ0v) is 16.3. The van der Waals surface area contributed by atoms with Crippen LogP contribution in [0.2, 0.25) is 0 Å². The van der Waals surface area contributed by atoms with E-state index < -0.39 is 0 Å². The van der Waals surface area contributed by atoms with E-state index in [1.54, 1.807) is 13.3 Å². The average Bonchev–Trinajstić information content (AvgIpc) is 2.80. The lowest BCUT2D eigenvalue weighted by Crippen LogP contribution is -2.49. The maximum Gasteiger partial charge on any atom is 0.253 e. The van der Waals surface area contributed by atoms with E-state index in [9.17, 15) is 4.79 Å². The number of anilines is 3. The van der Waals surface area contributed by atoms with Crippen LogP contribution in [0.15, 0.2) is 66.9 Å². The third kappa shape index (κ3) is 4.29. The van der Waals surface area contributed by atoms with E-state index in [1.165, 1.54) is 0 Å². The van der Waals surface area contributed by atoms with E-state index in [0.717, 1.165) is 17.0 Å². The van der Waals surface area contributed by atoms with Gasteiger partial charge in [0.05, 0.1) is 12.8 Å². The predicted molar refractivity (Wildman–Crippen MR) is 113 cm³/mol. The quantitative estimate of drug-likeness (QED) is 0.723. The van der Waals surface area contributed by atoms with Gasteiger partial charge in [-0.15, -0.1) is 0 Å². The second kappa shape index (κ2) is 8.60. The molecular formula is C22H23N5O2. The number of nitrogens with one attached hydrogen (secondary N) is 1. The number of methoxy groups -OCH3 is 1. The molecule has 7 heteroatoms.